The summed E-state index contributed by atoms with van der Waals surface area (Å²) in [5.41, 5.74) is 2.04. The number of hydrogen-bond donors (Lipinski definition) is 1. The molecule has 2 aromatic rings. The van der Waals surface area contributed by atoms with Crippen LogP contribution in [0, 0.1) is 0 Å². The summed E-state index contributed by atoms with van der Waals surface area (Å²) in [6.07, 6.45) is 1.05. The van der Waals surface area contributed by atoms with Crippen LogP contribution >= 0.6 is 11.6 Å². The summed E-state index contributed by atoms with van der Waals surface area (Å²) in [6.45, 7) is 3.88. The fourth-order valence-corrected chi connectivity index (χ4v) is 2.55. The molecule has 138 valence electrons. The molecular formula is C20H22ClNO4. The Hall–Kier alpha value is -2.53. The zero-order chi connectivity index (χ0) is 19.1. The van der Waals surface area contributed by atoms with Crippen LogP contribution in [0.5, 0.6) is 5.75 Å². The molecule has 0 radical (unpaired) electrons. The molecule has 2 rings (SSSR count). The molecule has 5 nitrogen and oxygen atoms in total. The fraction of sp³-hybridized carbons (Fsp3) is 0.300. The summed E-state index contributed by atoms with van der Waals surface area (Å²) in [6, 6.07) is 12.2. The van der Waals surface area contributed by atoms with Gasteiger partial charge >= 0.3 is 5.97 Å². The van der Waals surface area contributed by atoms with Crippen molar-refractivity contribution in [3.63, 3.8) is 0 Å². The van der Waals surface area contributed by atoms with Gasteiger partial charge in [-0.15, -0.1) is 0 Å². The number of nitrogens with one attached hydrogen (secondary N) is 1. The first-order valence-electron chi connectivity index (χ1n) is 8.35. The SMILES string of the molecule is CC[C@H](C)c1ccc(NC(=O)COC(=O)c2cc(Cl)ccc2OC)cc1. The molecular weight excluding hydrogens is 354 g/mol. The third kappa shape index (κ3) is 5.23. The van der Waals surface area contributed by atoms with Gasteiger partial charge in [-0.1, -0.05) is 37.6 Å². The first-order valence-corrected chi connectivity index (χ1v) is 8.72. The molecule has 6 heteroatoms. The van der Waals surface area contributed by atoms with Crippen molar-refractivity contribution >= 4 is 29.2 Å². The Morgan fingerprint density at radius 2 is 1.85 bits per heavy atom. The number of carbonyl (C=O) groups excluding carboxylic acids is 2. The van der Waals surface area contributed by atoms with Crippen LogP contribution in [-0.4, -0.2) is 25.6 Å². The number of rotatable bonds is 7. The van der Waals surface area contributed by atoms with Gasteiger partial charge in [-0.2, -0.15) is 0 Å². The van der Waals surface area contributed by atoms with Gasteiger partial charge in [-0.05, 0) is 48.2 Å². The fourth-order valence-electron chi connectivity index (χ4n) is 2.38. The molecule has 0 spiro atoms. The number of benzene rings is 2. The van der Waals surface area contributed by atoms with Crippen LogP contribution in [0.2, 0.25) is 5.02 Å². The average molecular weight is 376 g/mol. The van der Waals surface area contributed by atoms with Gasteiger partial charge < -0.3 is 14.8 Å². The van der Waals surface area contributed by atoms with Gasteiger partial charge in [-0.3, -0.25) is 4.79 Å². The van der Waals surface area contributed by atoms with Crippen molar-refractivity contribution < 1.29 is 19.1 Å². The van der Waals surface area contributed by atoms with E-state index in [1.807, 2.05) is 24.3 Å². The Morgan fingerprint density at radius 3 is 2.46 bits per heavy atom. The first kappa shape index (κ1) is 19.8. The summed E-state index contributed by atoms with van der Waals surface area (Å²) < 4.78 is 10.2. The van der Waals surface area contributed by atoms with Gasteiger partial charge in [0.05, 0.1) is 7.11 Å². The second-order valence-corrected chi connectivity index (χ2v) is 6.34. The Balaban J connectivity index is 1.92. The van der Waals surface area contributed by atoms with Crippen LogP contribution in [0.1, 0.15) is 42.1 Å². The summed E-state index contributed by atoms with van der Waals surface area (Å²) in [5.74, 6) is -0.295. The van der Waals surface area contributed by atoms with Gasteiger partial charge in [0.2, 0.25) is 0 Å². The molecule has 0 fully saturated rings. The summed E-state index contributed by atoms with van der Waals surface area (Å²) in [4.78, 5) is 24.1. The van der Waals surface area contributed by atoms with Crippen molar-refractivity contribution in [1.82, 2.24) is 0 Å². The molecule has 0 heterocycles. The van der Waals surface area contributed by atoms with Crippen LogP contribution in [0.15, 0.2) is 42.5 Å². The molecule has 1 atom stereocenters. The van der Waals surface area contributed by atoms with E-state index in [0.29, 0.717) is 22.4 Å². The predicted molar refractivity (Wildman–Crippen MR) is 102 cm³/mol. The predicted octanol–water partition coefficient (Wildman–Crippen LogP) is 4.66. The van der Waals surface area contributed by atoms with Crippen LogP contribution < -0.4 is 10.1 Å². The smallest absolute Gasteiger partial charge is 0.342 e. The highest BCUT2D eigenvalue weighted by Crippen LogP contribution is 2.23. The maximum absolute atomic E-state index is 12.1. The molecule has 0 bridgehead atoms. The molecule has 26 heavy (non-hydrogen) atoms. The minimum Gasteiger partial charge on any atom is -0.496 e. The Bertz CT molecular complexity index is 774. The van der Waals surface area contributed by atoms with E-state index >= 15 is 0 Å². The number of ether oxygens (including phenoxy) is 2. The molecule has 0 saturated heterocycles. The van der Waals surface area contributed by atoms with Gasteiger partial charge in [-0.25, -0.2) is 4.79 Å². The van der Waals surface area contributed by atoms with Crippen molar-refractivity contribution in [3.05, 3.63) is 58.6 Å². The third-order valence-corrected chi connectivity index (χ3v) is 4.33. The molecule has 1 amide bonds. The van der Waals surface area contributed by atoms with Crippen LogP contribution in [0.25, 0.3) is 0 Å². The standard InChI is InChI=1S/C20H22ClNO4/c1-4-13(2)14-5-8-16(9-6-14)22-19(23)12-26-20(24)17-11-15(21)7-10-18(17)25-3/h5-11,13H,4,12H2,1-3H3,(H,22,23)/t13-/m0/s1. The Morgan fingerprint density at radius 1 is 1.15 bits per heavy atom. The number of amides is 1. The topological polar surface area (TPSA) is 64.6 Å². The van der Waals surface area contributed by atoms with Crippen molar-refractivity contribution in [3.8, 4) is 5.75 Å². The number of hydrogen-bond acceptors (Lipinski definition) is 4. The van der Waals surface area contributed by atoms with E-state index in [-0.39, 0.29) is 5.56 Å². The minimum atomic E-state index is -0.674. The molecule has 0 unspecified atom stereocenters. The highest BCUT2D eigenvalue weighted by Gasteiger charge is 2.16. The van der Waals surface area contributed by atoms with E-state index in [9.17, 15) is 9.59 Å². The minimum absolute atomic E-state index is 0.172. The molecule has 0 aliphatic heterocycles. The lowest BCUT2D eigenvalue weighted by molar-refractivity contribution is -0.119. The van der Waals surface area contributed by atoms with Crippen molar-refractivity contribution in [1.29, 1.82) is 0 Å². The molecule has 0 saturated carbocycles. The average Bonchev–Trinajstić information content (AvgIpc) is 2.66. The van der Waals surface area contributed by atoms with Crippen LogP contribution in [0.3, 0.4) is 0 Å². The number of methoxy groups -OCH3 is 1. The zero-order valence-electron chi connectivity index (χ0n) is 15.0. The van der Waals surface area contributed by atoms with Crippen molar-refractivity contribution in [2.24, 2.45) is 0 Å². The maximum Gasteiger partial charge on any atom is 0.342 e. The highest BCUT2D eigenvalue weighted by molar-refractivity contribution is 6.31. The molecule has 1 N–H and O–H groups in total. The molecule has 0 aliphatic rings. The van der Waals surface area contributed by atoms with Crippen molar-refractivity contribution in [2.45, 2.75) is 26.2 Å². The van der Waals surface area contributed by atoms with Gasteiger partial charge in [0.25, 0.3) is 5.91 Å². The zero-order valence-corrected chi connectivity index (χ0v) is 15.8. The van der Waals surface area contributed by atoms with Gasteiger partial charge in [0.1, 0.15) is 11.3 Å². The molecule has 2 aromatic carbocycles. The van der Waals surface area contributed by atoms with E-state index in [1.54, 1.807) is 12.1 Å². The molecule has 0 aliphatic carbocycles. The highest BCUT2D eigenvalue weighted by atomic mass is 35.5. The maximum atomic E-state index is 12.1. The summed E-state index contributed by atoms with van der Waals surface area (Å²) >= 11 is 5.89. The Labute approximate surface area is 158 Å². The lowest BCUT2D eigenvalue weighted by Crippen LogP contribution is -2.21. The molecule has 0 aromatic heterocycles. The quantitative estimate of drug-likeness (QED) is 0.715. The van der Waals surface area contributed by atoms with E-state index < -0.39 is 18.5 Å². The van der Waals surface area contributed by atoms with Crippen LogP contribution in [0.4, 0.5) is 5.69 Å². The van der Waals surface area contributed by atoms with E-state index in [1.165, 1.54) is 18.7 Å². The van der Waals surface area contributed by atoms with Crippen molar-refractivity contribution in [2.75, 3.05) is 19.0 Å². The van der Waals surface area contributed by atoms with E-state index in [2.05, 4.69) is 19.2 Å². The second kappa shape index (κ2) is 9.25. The third-order valence-electron chi connectivity index (χ3n) is 4.09. The number of esters is 1. The van der Waals surface area contributed by atoms with E-state index in [0.717, 1.165) is 6.42 Å². The number of anilines is 1. The van der Waals surface area contributed by atoms with E-state index in [4.69, 9.17) is 21.1 Å². The largest absolute Gasteiger partial charge is 0.496 e. The Kier molecular flexibility index (Phi) is 7.04. The summed E-state index contributed by atoms with van der Waals surface area (Å²) in [5, 5.41) is 3.08. The number of halogens is 1. The lowest BCUT2D eigenvalue weighted by Gasteiger charge is -2.11. The lowest BCUT2D eigenvalue weighted by atomic mass is 9.99. The number of carbonyl (C=O) groups is 2. The first-order chi connectivity index (χ1) is 12.4. The normalized spacial score (nSPS) is 11.5. The van der Waals surface area contributed by atoms with Gasteiger partial charge in [0.15, 0.2) is 6.61 Å². The second-order valence-electron chi connectivity index (χ2n) is 5.90. The summed E-state index contributed by atoms with van der Waals surface area (Å²) in [7, 11) is 1.44. The monoisotopic (exact) mass is 375 g/mol. The van der Waals surface area contributed by atoms with Crippen LogP contribution in [-0.2, 0) is 9.53 Å². The van der Waals surface area contributed by atoms with Gasteiger partial charge in [0, 0.05) is 10.7 Å².